The van der Waals surface area contributed by atoms with Crippen molar-refractivity contribution in [2.45, 2.75) is 39.2 Å². The van der Waals surface area contributed by atoms with Gasteiger partial charge in [0, 0.05) is 17.6 Å². The molecule has 1 amide bonds. The van der Waals surface area contributed by atoms with E-state index in [2.05, 4.69) is 10.3 Å². The van der Waals surface area contributed by atoms with Gasteiger partial charge < -0.3 is 15.4 Å². The van der Waals surface area contributed by atoms with Crippen LogP contribution in [0.15, 0.2) is 35.1 Å². The molecule has 0 spiro atoms. The summed E-state index contributed by atoms with van der Waals surface area (Å²) in [6.07, 6.45) is 1.20. The maximum atomic E-state index is 12.0. The van der Waals surface area contributed by atoms with Gasteiger partial charge >= 0.3 is 0 Å². The first kappa shape index (κ1) is 17.2. The zero-order valence-corrected chi connectivity index (χ0v) is 13.6. The largest absolute Gasteiger partial charge is 0.391 e. The van der Waals surface area contributed by atoms with Gasteiger partial charge in [-0.25, -0.2) is 0 Å². The highest BCUT2D eigenvalue weighted by Crippen LogP contribution is 2.12. The Morgan fingerprint density at radius 2 is 1.96 bits per heavy atom. The van der Waals surface area contributed by atoms with E-state index >= 15 is 0 Å². The Balaban J connectivity index is 2.00. The van der Waals surface area contributed by atoms with E-state index in [0.717, 1.165) is 23.7 Å². The first-order valence-electron chi connectivity index (χ1n) is 8.10. The van der Waals surface area contributed by atoms with Crippen molar-refractivity contribution < 1.29 is 9.90 Å². The number of aromatic nitrogens is 1. The lowest BCUT2D eigenvalue weighted by Gasteiger charge is -2.20. The number of pyridine rings is 1. The van der Waals surface area contributed by atoms with Gasteiger partial charge in [-0.3, -0.25) is 9.59 Å². The third-order valence-electron chi connectivity index (χ3n) is 4.28. The molecule has 0 saturated carbocycles. The Morgan fingerprint density at radius 3 is 2.65 bits per heavy atom. The number of carbonyl (C=O) groups excluding carboxylic acids is 1. The fourth-order valence-corrected chi connectivity index (χ4v) is 2.78. The van der Waals surface area contributed by atoms with Crippen molar-refractivity contribution in [3.05, 3.63) is 46.2 Å². The molecule has 0 aliphatic heterocycles. The Labute approximate surface area is 135 Å². The Hall–Kier alpha value is -2.14. The second-order valence-electron chi connectivity index (χ2n) is 5.84. The summed E-state index contributed by atoms with van der Waals surface area (Å²) in [6.45, 7) is 4.26. The molecule has 1 heterocycles. The molecular formula is C18H24N2O3. The molecule has 0 aliphatic rings. The van der Waals surface area contributed by atoms with Crippen LogP contribution in [0.2, 0.25) is 0 Å². The monoisotopic (exact) mass is 316 g/mol. The average molecular weight is 316 g/mol. The van der Waals surface area contributed by atoms with E-state index in [1.165, 1.54) is 0 Å². The maximum absolute atomic E-state index is 12.0. The van der Waals surface area contributed by atoms with Gasteiger partial charge in [0.2, 0.25) is 5.91 Å². The molecule has 23 heavy (non-hydrogen) atoms. The van der Waals surface area contributed by atoms with E-state index in [0.29, 0.717) is 5.56 Å². The minimum absolute atomic E-state index is 0.00973. The molecule has 2 rings (SSSR count). The molecule has 1 aromatic carbocycles. The summed E-state index contributed by atoms with van der Waals surface area (Å²) in [6, 6.07) is 9.20. The number of fused-ring (bicyclic) bond motifs is 1. The van der Waals surface area contributed by atoms with Gasteiger partial charge in [-0.15, -0.1) is 0 Å². The Morgan fingerprint density at radius 1 is 1.26 bits per heavy atom. The second kappa shape index (κ2) is 7.92. The summed E-state index contributed by atoms with van der Waals surface area (Å²) in [4.78, 5) is 26.8. The number of H-pyrrole nitrogens is 1. The van der Waals surface area contributed by atoms with Crippen molar-refractivity contribution in [1.29, 1.82) is 0 Å². The number of aromatic amines is 1. The van der Waals surface area contributed by atoms with Crippen molar-refractivity contribution in [2.75, 3.05) is 6.54 Å². The van der Waals surface area contributed by atoms with Gasteiger partial charge in [-0.05, 0) is 23.4 Å². The molecule has 0 saturated heterocycles. The number of amides is 1. The summed E-state index contributed by atoms with van der Waals surface area (Å²) in [7, 11) is 0. The lowest BCUT2D eigenvalue weighted by molar-refractivity contribution is -0.121. The predicted octanol–water partition coefficient (Wildman–Crippen LogP) is 1.98. The lowest BCUT2D eigenvalue weighted by atomic mass is 9.96. The van der Waals surface area contributed by atoms with Crippen LogP contribution < -0.4 is 10.9 Å². The number of nitrogens with one attached hydrogen (secondary N) is 2. The number of benzene rings is 1. The number of para-hydroxylation sites is 1. The van der Waals surface area contributed by atoms with Crippen molar-refractivity contribution in [1.82, 2.24) is 10.3 Å². The van der Waals surface area contributed by atoms with Crippen LogP contribution >= 0.6 is 0 Å². The number of hydrogen-bond acceptors (Lipinski definition) is 3. The van der Waals surface area contributed by atoms with E-state index in [4.69, 9.17) is 0 Å². The molecule has 2 aromatic rings. The lowest BCUT2D eigenvalue weighted by Crippen LogP contribution is -2.37. The molecule has 0 fully saturated rings. The minimum Gasteiger partial charge on any atom is -0.391 e. The zero-order valence-electron chi connectivity index (χ0n) is 13.6. The number of aliphatic hydroxyl groups excluding tert-OH is 1. The first-order valence-corrected chi connectivity index (χ1v) is 8.10. The van der Waals surface area contributed by atoms with Crippen molar-refractivity contribution in [3.63, 3.8) is 0 Å². The van der Waals surface area contributed by atoms with E-state index in [1.807, 2.05) is 38.1 Å². The number of rotatable bonds is 7. The smallest absolute Gasteiger partial charge is 0.252 e. The first-order chi connectivity index (χ1) is 11.0. The second-order valence-corrected chi connectivity index (χ2v) is 5.84. The van der Waals surface area contributed by atoms with Crippen LogP contribution in [0.25, 0.3) is 10.9 Å². The highest BCUT2D eigenvalue weighted by Gasteiger charge is 2.16. The SMILES string of the molecule is CCC(CC)C(O)CNC(=O)Cc1cc2ccccc2[nH]c1=O. The quantitative estimate of drug-likeness (QED) is 0.730. The van der Waals surface area contributed by atoms with Crippen LogP contribution in [0.1, 0.15) is 32.3 Å². The van der Waals surface area contributed by atoms with Crippen LogP contribution in [0.4, 0.5) is 0 Å². The van der Waals surface area contributed by atoms with E-state index in [1.54, 1.807) is 6.07 Å². The molecule has 5 nitrogen and oxygen atoms in total. The van der Waals surface area contributed by atoms with Crippen molar-refractivity contribution >= 4 is 16.8 Å². The highest BCUT2D eigenvalue weighted by atomic mass is 16.3. The number of aliphatic hydroxyl groups is 1. The van der Waals surface area contributed by atoms with Gasteiger partial charge in [-0.2, -0.15) is 0 Å². The molecular weight excluding hydrogens is 292 g/mol. The molecule has 0 radical (unpaired) electrons. The van der Waals surface area contributed by atoms with Crippen LogP contribution in [0.5, 0.6) is 0 Å². The molecule has 3 N–H and O–H groups in total. The van der Waals surface area contributed by atoms with E-state index in [-0.39, 0.29) is 30.3 Å². The van der Waals surface area contributed by atoms with E-state index in [9.17, 15) is 14.7 Å². The molecule has 1 aromatic heterocycles. The van der Waals surface area contributed by atoms with Gasteiger partial charge in [0.1, 0.15) is 0 Å². The summed E-state index contributed by atoms with van der Waals surface area (Å²) in [5, 5.41) is 13.6. The van der Waals surface area contributed by atoms with Crippen molar-refractivity contribution in [2.24, 2.45) is 5.92 Å². The van der Waals surface area contributed by atoms with Gasteiger partial charge in [-0.1, -0.05) is 44.9 Å². The van der Waals surface area contributed by atoms with Crippen molar-refractivity contribution in [3.8, 4) is 0 Å². The van der Waals surface area contributed by atoms with Gasteiger partial charge in [0.25, 0.3) is 5.56 Å². The molecule has 0 bridgehead atoms. The molecule has 5 heteroatoms. The topological polar surface area (TPSA) is 82.2 Å². The molecule has 1 atom stereocenters. The third-order valence-corrected chi connectivity index (χ3v) is 4.28. The highest BCUT2D eigenvalue weighted by molar-refractivity contribution is 5.82. The third kappa shape index (κ3) is 4.42. The van der Waals surface area contributed by atoms with E-state index < -0.39 is 6.10 Å². The van der Waals surface area contributed by atoms with Crippen LogP contribution in [-0.2, 0) is 11.2 Å². The standard InChI is InChI=1S/C18H24N2O3/c1-3-12(4-2)16(21)11-19-17(22)10-14-9-13-7-5-6-8-15(13)20-18(14)23/h5-9,12,16,21H,3-4,10-11H2,1-2H3,(H,19,22)(H,20,23). The van der Waals surface area contributed by atoms with Crippen LogP contribution in [-0.4, -0.2) is 28.6 Å². The summed E-state index contributed by atoms with van der Waals surface area (Å²) < 4.78 is 0. The number of carbonyl (C=O) groups is 1. The zero-order chi connectivity index (χ0) is 16.8. The minimum atomic E-state index is -0.552. The fourth-order valence-electron chi connectivity index (χ4n) is 2.78. The Bertz CT molecular complexity index is 720. The molecule has 1 unspecified atom stereocenters. The van der Waals surface area contributed by atoms with Gasteiger partial charge in [0.15, 0.2) is 0 Å². The average Bonchev–Trinajstić information content (AvgIpc) is 2.55. The molecule has 0 aliphatic carbocycles. The van der Waals surface area contributed by atoms with Crippen LogP contribution in [0, 0.1) is 5.92 Å². The fraction of sp³-hybridized carbons (Fsp3) is 0.444. The van der Waals surface area contributed by atoms with Crippen LogP contribution in [0.3, 0.4) is 0 Å². The summed E-state index contributed by atoms with van der Waals surface area (Å²) in [5.74, 6) is -0.0739. The van der Waals surface area contributed by atoms with Gasteiger partial charge in [0.05, 0.1) is 12.5 Å². The predicted molar refractivity (Wildman–Crippen MR) is 91.4 cm³/mol. The summed E-state index contributed by atoms with van der Waals surface area (Å²) >= 11 is 0. The Kier molecular flexibility index (Phi) is 5.93. The molecule has 124 valence electrons. The summed E-state index contributed by atoms with van der Waals surface area (Å²) in [5.41, 5.74) is 0.934. The number of hydrogen-bond donors (Lipinski definition) is 3. The maximum Gasteiger partial charge on any atom is 0.252 e. The normalized spacial score (nSPS) is 12.5.